The molecule has 3 aromatic carbocycles. The van der Waals surface area contributed by atoms with E-state index >= 15 is 0 Å². The molecule has 0 atom stereocenters. The molecule has 1 aromatic heterocycles. The fraction of sp³-hybridized carbons (Fsp3) is 0.167. The summed E-state index contributed by atoms with van der Waals surface area (Å²) in [6.45, 7) is 4.97. The monoisotopic (exact) mass is 430 g/mol. The quantitative estimate of drug-likeness (QED) is 0.432. The predicted octanol–water partition coefficient (Wildman–Crippen LogP) is 5.24. The van der Waals surface area contributed by atoms with Gasteiger partial charge >= 0.3 is 0 Å². The van der Waals surface area contributed by atoms with Gasteiger partial charge in [0.2, 0.25) is 6.79 Å². The number of ether oxygens (including phenoxy) is 2. The molecule has 2 heterocycles. The van der Waals surface area contributed by atoms with Crippen molar-refractivity contribution in [1.82, 2.24) is 9.78 Å². The number of anilines is 2. The van der Waals surface area contributed by atoms with Gasteiger partial charge in [-0.2, -0.15) is 5.10 Å². The molecule has 0 amide bonds. The molecule has 0 saturated heterocycles. The Bertz CT molecular complexity index is 1290. The molecule has 5 rings (SSSR count). The van der Waals surface area contributed by atoms with E-state index in [9.17, 15) is 0 Å². The highest BCUT2D eigenvalue weighted by Crippen LogP contribution is 2.34. The van der Waals surface area contributed by atoms with Crippen LogP contribution in [-0.2, 0) is 6.54 Å². The zero-order valence-electron chi connectivity index (χ0n) is 17.3. The van der Waals surface area contributed by atoms with Crippen LogP contribution < -0.4 is 20.1 Å². The lowest BCUT2D eigenvalue weighted by molar-refractivity contribution is 0.174. The highest BCUT2D eigenvalue weighted by molar-refractivity contribution is 7.80. The molecule has 0 radical (unpaired) electrons. The minimum absolute atomic E-state index is 0.246. The van der Waals surface area contributed by atoms with Crippen molar-refractivity contribution in [2.75, 3.05) is 17.4 Å². The Kier molecular flexibility index (Phi) is 4.95. The minimum Gasteiger partial charge on any atom is -0.454 e. The van der Waals surface area contributed by atoms with Crippen LogP contribution in [0.15, 0.2) is 60.7 Å². The van der Waals surface area contributed by atoms with Gasteiger partial charge < -0.3 is 20.1 Å². The number of hydrogen-bond donors (Lipinski definition) is 2. The van der Waals surface area contributed by atoms with E-state index in [0.717, 1.165) is 28.5 Å². The molecule has 0 spiro atoms. The van der Waals surface area contributed by atoms with Crippen LogP contribution in [0.25, 0.3) is 10.8 Å². The molecule has 6 nitrogen and oxygen atoms in total. The second-order valence-electron chi connectivity index (χ2n) is 7.49. The second-order valence-corrected chi connectivity index (χ2v) is 7.90. The van der Waals surface area contributed by atoms with Crippen molar-refractivity contribution in [2.24, 2.45) is 0 Å². The van der Waals surface area contributed by atoms with E-state index < -0.39 is 0 Å². The largest absolute Gasteiger partial charge is 0.454 e. The molecule has 31 heavy (non-hydrogen) atoms. The van der Waals surface area contributed by atoms with Crippen LogP contribution in [0.4, 0.5) is 11.4 Å². The van der Waals surface area contributed by atoms with Crippen LogP contribution in [-0.4, -0.2) is 21.7 Å². The highest BCUT2D eigenvalue weighted by atomic mass is 32.1. The van der Waals surface area contributed by atoms with E-state index in [1.807, 2.05) is 29.8 Å². The Morgan fingerprint density at radius 1 is 1.00 bits per heavy atom. The molecule has 0 saturated carbocycles. The molecule has 1 aliphatic rings. The van der Waals surface area contributed by atoms with Crippen LogP contribution in [0.5, 0.6) is 11.5 Å². The number of nitrogens with zero attached hydrogens (tertiary/aromatic N) is 2. The number of aryl methyl sites for hydroxylation is 1. The van der Waals surface area contributed by atoms with E-state index in [1.165, 1.54) is 16.3 Å². The van der Waals surface area contributed by atoms with Gasteiger partial charge in [-0.1, -0.05) is 42.5 Å². The third kappa shape index (κ3) is 3.80. The zero-order chi connectivity index (χ0) is 21.4. The van der Waals surface area contributed by atoms with Crippen molar-refractivity contribution >= 4 is 39.5 Å². The van der Waals surface area contributed by atoms with Gasteiger partial charge in [0.05, 0.1) is 23.6 Å². The van der Waals surface area contributed by atoms with Crippen LogP contribution in [0.3, 0.4) is 0 Å². The number of nitrogens with one attached hydrogen (secondary N) is 2. The third-order valence-electron chi connectivity index (χ3n) is 5.45. The molecule has 0 fully saturated rings. The van der Waals surface area contributed by atoms with Gasteiger partial charge in [0.1, 0.15) is 0 Å². The summed E-state index contributed by atoms with van der Waals surface area (Å²) in [5.74, 6) is 1.45. The number of hydrogen-bond acceptors (Lipinski definition) is 4. The van der Waals surface area contributed by atoms with Crippen molar-refractivity contribution in [3.05, 3.63) is 77.6 Å². The summed E-state index contributed by atoms with van der Waals surface area (Å²) in [4.78, 5) is 0. The molecule has 0 unspecified atom stereocenters. The maximum atomic E-state index is 5.54. The Morgan fingerprint density at radius 2 is 1.81 bits per heavy atom. The molecule has 0 aliphatic carbocycles. The average Bonchev–Trinajstić information content (AvgIpc) is 3.34. The van der Waals surface area contributed by atoms with E-state index in [0.29, 0.717) is 17.4 Å². The van der Waals surface area contributed by atoms with E-state index in [2.05, 4.69) is 60.0 Å². The summed E-state index contributed by atoms with van der Waals surface area (Å²) in [6, 6.07) is 20.4. The van der Waals surface area contributed by atoms with Gasteiger partial charge in [0, 0.05) is 11.8 Å². The smallest absolute Gasteiger partial charge is 0.231 e. The molecule has 1 aliphatic heterocycles. The van der Waals surface area contributed by atoms with Gasteiger partial charge in [-0.05, 0) is 54.5 Å². The fourth-order valence-corrected chi connectivity index (χ4v) is 4.09. The van der Waals surface area contributed by atoms with Crippen molar-refractivity contribution < 1.29 is 9.47 Å². The standard InChI is InChI=1S/C24H22N4O2S/c1-15-23(26-24(31)25-19-10-11-21-22(12-19)30-14-29-21)16(2)28(27-15)13-18-8-5-7-17-6-3-4-9-20(17)18/h3-12H,13-14H2,1-2H3,(H2,25,26,31). The summed E-state index contributed by atoms with van der Waals surface area (Å²) < 4.78 is 12.8. The third-order valence-corrected chi connectivity index (χ3v) is 5.65. The topological polar surface area (TPSA) is 60.3 Å². The van der Waals surface area contributed by atoms with Gasteiger partial charge in [0.25, 0.3) is 0 Å². The lowest BCUT2D eigenvalue weighted by atomic mass is 10.0. The molecule has 2 N–H and O–H groups in total. The van der Waals surface area contributed by atoms with Gasteiger partial charge in [-0.3, -0.25) is 4.68 Å². The first-order valence-corrected chi connectivity index (χ1v) is 10.5. The molecule has 7 heteroatoms. The van der Waals surface area contributed by atoms with Crippen LogP contribution >= 0.6 is 12.2 Å². The lowest BCUT2D eigenvalue weighted by Crippen LogP contribution is -2.20. The number of thiocarbonyl (C=S) groups is 1. The summed E-state index contributed by atoms with van der Waals surface area (Å²) >= 11 is 5.54. The van der Waals surface area contributed by atoms with Crippen molar-refractivity contribution in [1.29, 1.82) is 0 Å². The molecule has 156 valence electrons. The minimum atomic E-state index is 0.246. The Balaban J connectivity index is 1.34. The zero-order valence-corrected chi connectivity index (χ0v) is 18.1. The van der Waals surface area contributed by atoms with Crippen LogP contribution in [0.2, 0.25) is 0 Å². The van der Waals surface area contributed by atoms with Crippen molar-refractivity contribution in [3.63, 3.8) is 0 Å². The van der Waals surface area contributed by atoms with Crippen LogP contribution in [0.1, 0.15) is 17.0 Å². The summed E-state index contributed by atoms with van der Waals surface area (Å²) in [6.07, 6.45) is 0. The number of rotatable bonds is 4. The number of benzene rings is 3. The first-order valence-electron chi connectivity index (χ1n) is 10.1. The van der Waals surface area contributed by atoms with Crippen molar-refractivity contribution in [2.45, 2.75) is 20.4 Å². The lowest BCUT2D eigenvalue weighted by Gasteiger charge is -2.12. The highest BCUT2D eigenvalue weighted by Gasteiger charge is 2.16. The summed E-state index contributed by atoms with van der Waals surface area (Å²) in [5.41, 5.74) is 4.91. The number of aromatic nitrogens is 2. The van der Waals surface area contributed by atoms with Gasteiger partial charge in [-0.25, -0.2) is 0 Å². The molecular formula is C24H22N4O2S. The summed E-state index contributed by atoms with van der Waals surface area (Å²) in [5, 5.41) is 14.2. The van der Waals surface area contributed by atoms with Crippen molar-refractivity contribution in [3.8, 4) is 11.5 Å². The fourth-order valence-electron chi connectivity index (χ4n) is 3.87. The molecule has 0 bridgehead atoms. The summed E-state index contributed by atoms with van der Waals surface area (Å²) in [7, 11) is 0. The second kappa shape index (κ2) is 7.92. The first-order chi connectivity index (χ1) is 15.1. The Morgan fingerprint density at radius 3 is 2.71 bits per heavy atom. The van der Waals surface area contributed by atoms with E-state index in [-0.39, 0.29) is 6.79 Å². The maximum absolute atomic E-state index is 5.54. The predicted molar refractivity (Wildman–Crippen MR) is 127 cm³/mol. The maximum Gasteiger partial charge on any atom is 0.231 e. The number of fused-ring (bicyclic) bond motifs is 2. The van der Waals surface area contributed by atoms with Gasteiger partial charge in [-0.15, -0.1) is 0 Å². The molecular weight excluding hydrogens is 408 g/mol. The molecule has 4 aromatic rings. The Labute approximate surface area is 185 Å². The SMILES string of the molecule is Cc1nn(Cc2cccc3ccccc23)c(C)c1NC(=S)Nc1ccc2c(c1)OCO2. The average molecular weight is 431 g/mol. The van der Waals surface area contributed by atoms with E-state index in [4.69, 9.17) is 26.8 Å². The Hall–Kier alpha value is -3.58. The first kappa shape index (κ1) is 19.4. The van der Waals surface area contributed by atoms with E-state index in [1.54, 1.807) is 0 Å². The van der Waals surface area contributed by atoms with Gasteiger partial charge in [0.15, 0.2) is 16.6 Å². The normalized spacial score (nSPS) is 12.2. The van der Waals surface area contributed by atoms with Crippen LogP contribution in [0, 0.1) is 13.8 Å².